The smallest absolute Gasteiger partial charge is 0.270 e. The Morgan fingerprint density at radius 2 is 1.83 bits per heavy atom. The number of anilines is 1. The maximum Gasteiger partial charge on any atom is 0.270 e. The van der Waals surface area contributed by atoms with Gasteiger partial charge in [-0.05, 0) is 50.2 Å². The third-order valence-corrected chi connectivity index (χ3v) is 4.13. The molecule has 0 aliphatic rings. The molecule has 0 aliphatic carbocycles. The summed E-state index contributed by atoms with van der Waals surface area (Å²) in [6.07, 6.45) is 0. The third-order valence-electron chi connectivity index (χ3n) is 4.13. The SMILES string of the molecule is Cc1cc(C)n(-c2ccc(NC(=O)CNC(=O)c3cccc([N+](=O)[O-])c3)cc2)n1. The predicted molar refractivity (Wildman–Crippen MR) is 107 cm³/mol. The van der Waals surface area contributed by atoms with E-state index in [1.54, 1.807) is 16.8 Å². The summed E-state index contributed by atoms with van der Waals surface area (Å²) in [7, 11) is 0. The van der Waals surface area contributed by atoms with E-state index in [2.05, 4.69) is 15.7 Å². The highest BCUT2D eigenvalue weighted by Crippen LogP contribution is 2.16. The third kappa shape index (κ3) is 4.83. The molecular formula is C20H19N5O4. The average Bonchev–Trinajstić information content (AvgIpc) is 3.04. The Morgan fingerprint density at radius 3 is 2.45 bits per heavy atom. The highest BCUT2D eigenvalue weighted by atomic mass is 16.6. The van der Waals surface area contributed by atoms with Crippen molar-refractivity contribution < 1.29 is 14.5 Å². The van der Waals surface area contributed by atoms with E-state index >= 15 is 0 Å². The van der Waals surface area contributed by atoms with Crippen molar-refractivity contribution in [1.82, 2.24) is 15.1 Å². The predicted octanol–water partition coefficient (Wildman–Crippen LogP) is 2.77. The first-order valence-corrected chi connectivity index (χ1v) is 8.80. The molecule has 148 valence electrons. The van der Waals surface area contributed by atoms with Gasteiger partial charge in [-0.15, -0.1) is 0 Å². The minimum Gasteiger partial charge on any atom is -0.343 e. The van der Waals surface area contributed by atoms with E-state index in [-0.39, 0.29) is 17.8 Å². The number of carbonyl (C=O) groups is 2. The highest BCUT2D eigenvalue weighted by molar-refractivity contribution is 5.99. The first-order chi connectivity index (χ1) is 13.8. The Bertz CT molecular complexity index is 1070. The van der Waals surface area contributed by atoms with Crippen LogP contribution in [0.3, 0.4) is 0 Å². The van der Waals surface area contributed by atoms with Gasteiger partial charge in [-0.3, -0.25) is 19.7 Å². The summed E-state index contributed by atoms with van der Waals surface area (Å²) in [4.78, 5) is 34.4. The fourth-order valence-corrected chi connectivity index (χ4v) is 2.80. The van der Waals surface area contributed by atoms with Crippen molar-refractivity contribution in [3.8, 4) is 5.69 Å². The van der Waals surface area contributed by atoms with Gasteiger partial charge < -0.3 is 10.6 Å². The van der Waals surface area contributed by atoms with Crippen LogP contribution in [0.25, 0.3) is 5.69 Å². The van der Waals surface area contributed by atoms with E-state index in [9.17, 15) is 19.7 Å². The molecule has 3 rings (SSSR count). The number of non-ortho nitro benzene ring substituents is 1. The Balaban J connectivity index is 1.57. The lowest BCUT2D eigenvalue weighted by Crippen LogP contribution is -2.32. The summed E-state index contributed by atoms with van der Waals surface area (Å²) in [5, 5.41) is 20.3. The normalized spacial score (nSPS) is 10.4. The molecule has 0 radical (unpaired) electrons. The van der Waals surface area contributed by atoms with E-state index in [1.807, 2.05) is 32.0 Å². The molecule has 0 aliphatic heterocycles. The molecule has 1 aromatic heterocycles. The molecule has 1 heterocycles. The fraction of sp³-hybridized carbons (Fsp3) is 0.150. The number of rotatable bonds is 6. The Hall–Kier alpha value is -4.01. The monoisotopic (exact) mass is 393 g/mol. The van der Waals surface area contributed by atoms with E-state index in [0.717, 1.165) is 23.1 Å². The number of amides is 2. The lowest BCUT2D eigenvalue weighted by molar-refractivity contribution is -0.384. The van der Waals surface area contributed by atoms with Crippen LogP contribution >= 0.6 is 0 Å². The van der Waals surface area contributed by atoms with E-state index < -0.39 is 16.7 Å². The quantitative estimate of drug-likeness (QED) is 0.493. The van der Waals surface area contributed by atoms with Crippen LogP contribution < -0.4 is 10.6 Å². The molecule has 0 saturated carbocycles. The van der Waals surface area contributed by atoms with Gasteiger partial charge in [0.1, 0.15) is 0 Å². The first-order valence-electron chi connectivity index (χ1n) is 8.80. The second kappa shape index (κ2) is 8.34. The lowest BCUT2D eigenvalue weighted by Gasteiger charge is -2.09. The van der Waals surface area contributed by atoms with Crippen LogP contribution in [-0.4, -0.2) is 33.1 Å². The summed E-state index contributed by atoms with van der Waals surface area (Å²) in [5.74, 6) is -0.980. The van der Waals surface area contributed by atoms with Crippen molar-refractivity contribution in [2.24, 2.45) is 0 Å². The minimum atomic E-state index is -0.584. The van der Waals surface area contributed by atoms with E-state index in [1.165, 1.54) is 18.2 Å². The van der Waals surface area contributed by atoms with Crippen LogP contribution in [0.15, 0.2) is 54.6 Å². The minimum absolute atomic E-state index is 0.112. The molecule has 9 heteroatoms. The second-order valence-electron chi connectivity index (χ2n) is 6.42. The molecule has 0 fully saturated rings. The lowest BCUT2D eigenvalue weighted by atomic mass is 10.2. The number of hydrogen-bond donors (Lipinski definition) is 2. The average molecular weight is 393 g/mol. The molecule has 0 spiro atoms. The van der Waals surface area contributed by atoms with Crippen LogP contribution in [0.1, 0.15) is 21.7 Å². The molecule has 9 nitrogen and oxygen atoms in total. The maximum absolute atomic E-state index is 12.1. The van der Waals surface area contributed by atoms with E-state index in [4.69, 9.17) is 0 Å². The maximum atomic E-state index is 12.1. The van der Waals surface area contributed by atoms with Crippen LogP contribution in [0.2, 0.25) is 0 Å². The van der Waals surface area contributed by atoms with Gasteiger partial charge in [-0.2, -0.15) is 5.10 Å². The molecule has 0 saturated heterocycles. The molecule has 2 amide bonds. The molecule has 29 heavy (non-hydrogen) atoms. The van der Waals surface area contributed by atoms with Gasteiger partial charge in [-0.25, -0.2) is 4.68 Å². The van der Waals surface area contributed by atoms with Gasteiger partial charge in [0.15, 0.2) is 0 Å². The number of aromatic nitrogens is 2. The number of nitrogens with one attached hydrogen (secondary N) is 2. The van der Waals surface area contributed by atoms with Gasteiger partial charge in [0.25, 0.3) is 11.6 Å². The topological polar surface area (TPSA) is 119 Å². The number of nitro benzene ring substituents is 1. The van der Waals surface area contributed by atoms with Crippen LogP contribution in [0.4, 0.5) is 11.4 Å². The zero-order chi connectivity index (χ0) is 21.0. The van der Waals surface area contributed by atoms with Gasteiger partial charge >= 0.3 is 0 Å². The number of aryl methyl sites for hydroxylation is 2. The summed E-state index contributed by atoms with van der Waals surface area (Å²) in [6.45, 7) is 3.61. The molecule has 2 N–H and O–H groups in total. The Morgan fingerprint density at radius 1 is 1.10 bits per heavy atom. The van der Waals surface area contributed by atoms with Gasteiger partial charge in [-0.1, -0.05) is 6.07 Å². The number of benzene rings is 2. The number of nitro groups is 1. The summed E-state index contributed by atoms with van der Waals surface area (Å²) in [6, 6.07) is 14.4. The summed E-state index contributed by atoms with van der Waals surface area (Å²) >= 11 is 0. The number of hydrogen-bond acceptors (Lipinski definition) is 5. The molecule has 0 unspecified atom stereocenters. The van der Waals surface area contributed by atoms with Gasteiger partial charge in [0, 0.05) is 29.1 Å². The van der Waals surface area contributed by atoms with E-state index in [0.29, 0.717) is 5.69 Å². The van der Waals surface area contributed by atoms with Crippen molar-refractivity contribution in [3.63, 3.8) is 0 Å². The summed E-state index contributed by atoms with van der Waals surface area (Å²) < 4.78 is 1.81. The number of nitrogens with zero attached hydrogens (tertiary/aromatic N) is 3. The Kier molecular flexibility index (Phi) is 5.68. The van der Waals surface area contributed by atoms with Gasteiger partial charge in [0.2, 0.25) is 5.91 Å². The molecule has 3 aromatic rings. The van der Waals surface area contributed by atoms with Crippen molar-refractivity contribution >= 4 is 23.2 Å². The van der Waals surface area contributed by atoms with Crippen LogP contribution in [-0.2, 0) is 4.79 Å². The molecule has 0 bridgehead atoms. The van der Waals surface area contributed by atoms with Crippen molar-refractivity contribution in [1.29, 1.82) is 0 Å². The second-order valence-corrected chi connectivity index (χ2v) is 6.42. The Labute approximate surface area is 166 Å². The fourth-order valence-electron chi connectivity index (χ4n) is 2.80. The zero-order valence-electron chi connectivity index (χ0n) is 15.9. The first kappa shape index (κ1) is 19.7. The van der Waals surface area contributed by atoms with Crippen molar-refractivity contribution in [2.45, 2.75) is 13.8 Å². The van der Waals surface area contributed by atoms with Crippen LogP contribution in [0.5, 0.6) is 0 Å². The van der Waals surface area contributed by atoms with Crippen molar-refractivity contribution in [2.75, 3.05) is 11.9 Å². The summed E-state index contributed by atoms with van der Waals surface area (Å²) in [5.41, 5.74) is 3.28. The highest BCUT2D eigenvalue weighted by Gasteiger charge is 2.12. The van der Waals surface area contributed by atoms with Crippen LogP contribution in [0, 0.1) is 24.0 Å². The molecule has 0 atom stereocenters. The van der Waals surface area contributed by atoms with Crippen molar-refractivity contribution in [3.05, 3.63) is 81.7 Å². The molecule has 2 aromatic carbocycles. The van der Waals surface area contributed by atoms with Gasteiger partial charge in [0.05, 0.1) is 22.8 Å². The molecular weight excluding hydrogens is 374 g/mol. The zero-order valence-corrected chi connectivity index (χ0v) is 15.9. The standard InChI is InChI=1S/C20H19N5O4/c1-13-10-14(2)24(23-13)17-8-6-16(7-9-17)22-19(26)12-21-20(27)15-4-3-5-18(11-15)25(28)29/h3-11H,12H2,1-2H3,(H,21,27)(H,22,26). The largest absolute Gasteiger partial charge is 0.343 e. The number of carbonyl (C=O) groups excluding carboxylic acids is 2.